The van der Waals surface area contributed by atoms with Gasteiger partial charge in [0.2, 0.25) is 27.6 Å². The fourth-order valence-electron chi connectivity index (χ4n) is 3.92. The van der Waals surface area contributed by atoms with Crippen molar-refractivity contribution in [2.75, 3.05) is 26.2 Å². The Hall–Kier alpha value is -3.04. The van der Waals surface area contributed by atoms with E-state index in [0.29, 0.717) is 42.8 Å². The largest absolute Gasteiger partial charge is 0.340 e. The maximum absolute atomic E-state index is 13.0. The molecule has 0 saturated carbocycles. The fourth-order valence-corrected chi connectivity index (χ4v) is 5.34. The Labute approximate surface area is 194 Å². The molecule has 0 bridgehead atoms. The minimum atomic E-state index is -3.56. The van der Waals surface area contributed by atoms with Crippen molar-refractivity contribution in [3.05, 3.63) is 65.5 Å². The zero-order chi connectivity index (χ0) is 23.4. The molecule has 33 heavy (non-hydrogen) atoms. The second-order valence-corrected chi connectivity index (χ2v) is 10.1. The lowest BCUT2D eigenvalue weighted by Gasteiger charge is -2.34. The van der Waals surface area contributed by atoms with Gasteiger partial charge in [0, 0.05) is 38.7 Å². The Morgan fingerprint density at radius 2 is 1.61 bits per heavy atom. The van der Waals surface area contributed by atoms with Gasteiger partial charge in [0.05, 0.1) is 11.3 Å². The topological polar surface area (TPSA) is 96.6 Å². The monoisotopic (exact) mass is 468 g/mol. The van der Waals surface area contributed by atoms with Gasteiger partial charge >= 0.3 is 0 Å². The molecule has 9 heteroatoms. The van der Waals surface area contributed by atoms with Crippen LogP contribution in [-0.2, 0) is 27.7 Å². The molecule has 4 rings (SSSR count). The maximum Gasteiger partial charge on any atom is 0.243 e. The van der Waals surface area contributed by atoms with Gasteiger partial charge in [-0.3, -0.25) is 4.79 Å². The third-order valence-corrected chi connectivity index (χ3v) is 7.70. The Balaban J connectivity index is 1.33. The molecule has 0 spiro atoms. The van der Waals surface area contributed by atoms with Crippen molar-refractivity contribution in [3.8, 4) is 11.4 Å². The van der Waals surface area contributed by atoms with E-state index in [1.807, 2.05) is 36.4 Å². The lowest BCUT2D eigenvalue weighted by Crippen LogP contribution is -2.50. The molecule has 8 nitrogen and oxygen atoms in total. The van der Waals surface area contributed by atoms with Crippen molar-refractivity contribution in [2.24, 2.45) is 0 Å². The Kier molecular flexibility index (Phi) is 6.90. The van der Waals surface area contributed by atoms with Crippen LogP contribution >= 0.6 is 0 Å². The predicted molar refractivity (Wildman–Crippen MR) is 124 cm³/mol. The average molecular weight is 469 g/mol. The lowest BCUT2D eigenvalue weighted by molar-refractivity contribution is -0.131. The first-order chi connectivity index (χ1) is 15.9. The second kappa shape index (κ2) is 9.84. The summed E-state index contributed by atoms with van der Waals surface area (Å²) in [5, 5.41) is 3.90. The van der Waals surface area contributed by atoms with Gasteiger partial charge in [-0.25, -0.2) is 8.42 Å². The van der Waals surface area contributed by atoms with Gasteiger partial charge in [-0.05, 0) is 29.7 Å². The molecule has 0 N–H and O–H groups in total. The van der Waals surface area contributed by atoms with Crippen LogP contribution in [0.15, 0.2) is 57.9 Å². The predicted octanol–water partition coefficient (Wildman–Crippen LogP) is 3.07. The van der Waals surface area contributed by atoms with E-state index in [9.17, 15) is 13.2 Å². The molecular formula is C24H28N4O4S. The average Bonchev–Trinajstić information content (AvgIpc) is 3.26. The first-order valence-corrected chi connectivity index (χ1v) is 12.6. The minimum absolute atomic E-state index is 0.0147. The molecule has 2 aromatic carbocycles. The van der Waals surface area contributed by atoms with Crippen LogP contribution in [-0.4, -0.2) is 59.8 Å². The van der Waals surface area contributed by atoms with Crippen LogP contribution in [0.1, 0.15) is 30.4 Å². The number of carbonyl (C=O) groups is 1. The van der Waals surface area contributed by atoms with Crippen molar-refractivity contribution < 1.29 is 17.7 Å². The van der Waals surface area contributed by atoms with Crippen molar-refractivity contribution in [2.45, 2.75) is 38.0 Å². The second-order valence-electron chi connectivity index (χ2n) is 8.19. The van der Waals surface area contributed by atoms with Gasteiger partial charge < -0.3 is 9.42 Å². The van der Waals surface area contributed by atoms with Crippen LogP contribution in [0.4, 0.5) is 0 Å². The number of nitrogens with zero attached hydrogens (tertiary/aromatic N) is 4. The molecule has 0 unspecified atom stereocenters. The van der Waals surface area contributed by atoms with E-state index in [0.717, 1.165) is 29.5 Å². The highest BCUT2D eigenvalue weighted by molar-refractivity contribution is 7.89. The standard InChI is InChI=1S/C24H28N4O4S/c1-3-4-19-7-11-22(12-8-19)33(30,31)28-15-13-27(14-16-28)23(29)17-20-5-9-21(10-6-20)24-25-18(2)32-26-24/h5-12H,3-4,13-17H2,1-2H3. The molecule has 174 valence electrons. The highest BCUT2D eigenvalue weighted by Crippen LogP contribution is 2.20. The number of piperazine rings is 1. The molecular weight excluding hydrogens is 440 g/mol. The summed E-state index contributed by atoms with van der Waals surface area (Å²) in [5.41, 5.74) is 2.84. The first kappa shape index (κ1) is 23.1. The van der Waals surface area contributed by atoms with Crippen LogP contribution in [0.25, 0.3) is 11.4 Å². The molecule has 0 aliphatic carbocycles. The fraction of sp³-hybridized carbons (Fsp3) is 0.375. The van der Waals surface area contributed by atoms with E-state index < -0.39 is 10.0 Å². The summed E-state index contributed by atoms with van der Waals surface area (Å²) in [6.45, 7) is 5.18. The summed E-state index contributed by atoms with van der Waals surface area (Å²) in [5.74, 6) is 1.00. The van der Waals surface area contributed by atoms with E-state index >= 15 is 0 Å². The Bertz CT molecular complexity index is 1200. The quantitative estimate of drug-likeness (QED) is 0.529. The van der Waals surface area contributed by atoms with Crippen molar-refractivity contribution in [1.29, 1.82) is 0 Å². The van der Waals surface area contributed by atoms with E-state index in [1.54, 1.807) is 24.0 Å². The van der Waals surface area contributed by atoms with Crippen LogP contribution in [0.2, 0.25) is 0 Å². The van der Waals surface area contributed by atoms with Crippen molar-refractivity contribution in [3.63, 3.8) is 0 Å². The molecule has 3 aromatic rings. The number of amides is 1. The van der Waals surface area contributed by atoms with Crippen molar-refractivity contribution >= 4 is 15.9 Å². The summed E-state index contributed by atoms with van der Waals surface area (Å²) in [6.07, 6.45) is 2.21. The summed E-state index contributed by atoms with van der Waals surface area (Å²) >= 11 is 0. The van der Waals surface area contributed by atoms with Crippen LogP contribution < -0.4 is 0 Å². The number of carbonyl (C=O) groups excluding carboxylic acids is 1. The number of sulfonamides is 1. The number of rotatable bonds is 7. The van der Waals surface area contributed by atoms with Gasteiger partial charge in [0.1, 0.15) is 0 Å². The van der Waals surface area contributed by atoms with Gasteiger partial charge in [0.25, 0.3) is 0 Å². The molecule has 2 heterocycles. The zero-order valence-electron chi connectivity index (χ0n) is 18.9. The van der Waals surface area contributed by atoms with Crippen LogP contribution in [0.3, 0.4) is 0 Å². The number of hydrogen-bond donors (Lipinski definition) is 0. The van der Waals surface area contributed by atoms with Gasteiger partial charge in [-0.1, -0.05) is 54.9 Å². The van der Waals surface area contributed by atoms with E-state index in [-0.39, 0.29) is 12.3 Å². The highest BCUT2D eigenvalue weighted by Gasteiger charge is 2.30. The molecule has 1 aliphatic rings. The van der Waals surface area contributed by atoms with Gasteiger partial charge in [0.15, 0.2) is 0 Å². The molecule has 0 atom stereocenters. The SMILES string of the molecule is CCCc1ccc(S(=O)(=O)N2CCN(C(=O)Cc3ccc(-c4noc(C)n4)cc3)CC2)cc1. The Morgan fingerprint density at radius 3 is 2.18 bits per heavy atom. The smallest absolute Gasteiger partial charge is 0.243 e. The molecule has 0 radical (unpaired) electrons. The minimum Gasteiger partial charge on any atom is -0.340 e. The van der Waals surface area contributed by atoms with Gasteiger partial charge in [-0.15, -0.1) is 0 Å². The maximum atomic E-state index is 13.0. The first-order valence-electron chi connectivity index (χ1n) is 11.1. The molecule has 1 fully saturated rings. The van der Waals surface area contributed by atoms with E-state index in [4.69, 9.17) is 4.52 Å². The third kappa shape index (κ3) is 5.31. The van der Waals surface area contributed by atoms with E-state index in [2.05, 4.69) is 17.1 Å². The molecule has 1 saturated heterocycles. The molecule has 1 amide bonds. The van der Waals surface area contributed by atoms with Crippen LogP contribution in [0.5, 0.6) is 0 Å². The molecule has 1 aromatic heterocycles. The third-order valence-electron chi connectivity index (χ3n) is 5.79. The number of aryl methyl sites for hydroxylation is 2. The summed E-state index contributed by atoms with van der Waals surface area (Å²) in [7, 11) is -3.56. The zero-order valence-corrected chi connectivity index (χ0v) is 19.7. The number of benzene rings is 2. The summed E-state index contributed by atoms with van der Waals surface area (Å²) < 4.78 is 32.4. The summed E-state index contributed by atoms with van der Waals surface area (Å²) in [6, 6.07) is 14.6. The highest BCUT2D eigenvalue weighted by atomic mass is 32.2. The normalized spacial score (nSPS) is 15.0. The van der Waals surface area contributed by atoms with Crippen LogP contribution in [0, 0.1) is 6.92 Å². The lowest BCUT2D eigenvalue weighted by atomic mass is 10.1. The Morgan fingerprint density at radius 1 is 0.970 bits per heavy atom. The summed E-state index contributed by atoms with van der Waals surface area (Å²) in [4.78, 5) is 19.0. The number of hydrogen-bond acceptors (Lipinski definition) is 6. The van der Waals surface area contributed by atoms with Crippen molar-refractivity contribution in [1.82, 2.24) is 19.3 Å². The number of aromatic nitrogens is 2. The van der Waals surface area contributed by atoms with E-state index in [1.165, 1.54) is 4.31 Å². The molecule has 1 aliphatic heterocycles. The van der Waals surface area contributed by atoms with Gasteiger partial charge in [-0.2, -0.15) is 9.29 Å².